The zero-order valence-corrected chi connectivity index (χ0v) is 15.5. The van der Waals surface area contributed by atoms with Crippen molar-refractivity contribution in [3.8, 4) is 11.4 Å². The first kappa shape index (κ1) is 18.8. The van der Waals surface area contributed by atoms with Crippen LogP contribution in [0, 0.1) is 0 Å². The molecule has 0 saturated carbocycles. The number of rotatable bonds is 4. The van der Waals surface area contributed by atoms with Gasteiger partial charge in [0.2, 0.25) is 0 Å². The Morgan fingerprint density at radius 2 is 1.90 bits per heavy atom. The average Bonchev–Trinajstić information content (AvgIpc) is 3.13. The van der Waals surface area contributed by atoms with Gasteiger partial charge in [-0.15, -0.1) is 0 Å². The first-order valence-electron chi connectivity index (χ1n) is 8.78. The molecule has 0 aromatic carbocycles. The SMILES string of the molecule is CC(C)n1cnc2c(Nc3ccnc(C(F)(F)F)c3)nc(-c3cccnc3)nc21. The van der Waals surface area contributed by atoms with Crippen molar-refractivity contribution in [2.75, 3.05) is 5.32 Å². The molecule has 4 aromatic rings. The summed E-state index contributed by atoms with van der Waals surface area (Å²) in [6.07, 6.45) is 1.44. The number of nitrogens with one attached hydrogen (secondary N) is 1. The van der Waals surface area contributed by atoms with E-state index in [2.05, 4.69) is 30.2 Å². The van der Waals surface area contributed by atoms with Crippen LogP contribution < -0.4 is 5.32 Å². The predicted molar refractivity (Wildman–Crippen MR) is 101 cm³/mol. The second kappa shape index (κ2) is 7.12. The molecule has 0 amide bonds. The number of nitrogens with zero attached hydrogens (tertiary/aromatic N) is 6. The molecule has 0 radical (unpaired) electrons. The van der Waals surface area contributed by atoms with Gasteiger partial charge in [-0.05, 0) is 38.1 Å². The van der Waals surface area contributed by atoms with Crippen molar-refractivity contribution < 1.29 is 13.2 Å². The summed E-state index contributed by atoms with van der Waals surface area (Å²) in [5.74, 6) is 0.688. The molecule has 0 aliphatic rings. The van der Waals surface area contributed by atoms with E-state index in [1.165, 1.54) is 6.07 Å². The first-order valence-corrected chi connectivity index (χ1v) is 8.78. The third-order valence-corrected chi connectivity index (χ3v) is 4.21. The molecular weight excluding hydrogens is 383 g/mol. The summed E-state index contributed by atoms with van der Waals surface area (Å²) in [7, 11) is 0. The fraction of sp³-hybridized carbons (Fsp3) is 0.211. The number of hydrogen-bond acceptors (Lipinski definition) is 6. The van der Waals surface area contributed by atoms with Crippen molar-refractivity contribution in [2.24, 2.45) is 0 Å². The fourth-order valence-electron chi connectivity index (χ4n) is 2.81. The zero-order chi connectivity index (χ0) is 20.6. The summed E-state index contributed by atoms with van der Waals surface area (Å²) in [5, 5.41) is 2.93. The van der Waals surface area contributed by atoms with Gasteiger partial charge in [-0.3, -0.25) is 9.97 Å². The van der Waals surface area contributed by atoms with Crippen LogP contribution in [-0.2, 0) is 6.18 Å². The molecule has 0 fully saturated rings. The lowest BCUT2D eigenvalue weighted by Gasteiger charge is -2.12. The van der Waals surface area contributed by atoms with E-state index in [0.29, 0.717) is 28.4 Å². The first-order chi connectivity index (χ1) is 13.8. The van der Waals surface area contributed by atoms with Crippen molar-refractivity contribution >= 4 is 22.7 Å². The van der Waals surface area contributed by atoms with Crippen LogP contribution in [0.1, 0.15) is 25.6 Å². The zero-order valence-electron chi connectivity index (χ0n) is 15.5. The molecule has 0 aliphatic heterocycles. The summed E-state index contributed by atoms with van der Waals surface area (Å²) >= 11 is 0. The van der Waals surface area contributed by atoms with Crippen molar-refractivity contribution in [1.29, 1.82) is 0 Å². The molecule has 4 aromatic heterocycles. The van der Waals surface area contributed by atoms with Gasteiger partial charge in [0.1, 0.15) is 5.69 Å². The molecule has 0 aliphatic carbocycles. The molecule has 7 nitrogen and oxygen atoms in total. The summed E-state index contributed by atoms with van der Waals surface area (Å²) in [6, 6.07) is 6.02. The molecule has 4 rings (SSSR count). The maximum atomic E-state index is 13.0. The van der Waals surface area contributed by atoms with Crippen LogP contribution in [0.25, 0.3) is 22.6 Å². The number of aromatic nitrogens is 6. The topological polar surface area (TPSA) is 81.4 Å². The van der Waals surface area contributed by atoms with Crippen LogP contribution in [0.5, 0.6) is 0 Å². The van der Waals surface area contributed by atoms with Gasteiger partial charge in [0, 0.05) is 35.9 Å². The Labute approximate surface area is 163 Å². The maximum Gasteiger partial charge on any atom is 0.433 e. The Bertz CT molecular complexity index is 1150. The van der Waals surface area contributed by atoms with Crippen LogP contribution in [0.4, 0.5) is 24.7 Å². The second-order valence-electron chi connectivity index (χ2n) is 6.61. The van der Waals surface area contributed by atoms with E-state index in [4.69, 9.17) is 0 Å². The summed E-state index contributed by atoms with van der Waals surface area (Å²) in [5.41, 5.74) is 0.911. The predicted octanol–water partition coefficient (Wildman–Crippen LogP) is 4.63. The number of anilines is 2. The van der Waals surface area contributed by atoms with Crippen LogP contribution in [0.15, 0.2) is 49.2 Å². The van der Waals surface area contributed by atoms with Crippen LogP contribution in [0.2, 0.25) is 0 Å². The van der Waals surface area contributed by atoms with E-state index in [9.17, 15) is 13.2 Å². The van der Waals surface area contributed by atoms with E-state index in [1.807, 2.05) is 24.5 Å². The van der Waals surface area contributed by atoms with Crippen molar-refractivity contribution in [2.45, 2.75) is 26.1 Å². The van der Waals surface area contributed by atoms with Gasteiger partial charge in [0.25, 0.3) is 0 Å². The van der Waals surface area contributed by atoms with Gasteiger partial charge >= 0.3 is 6.18 Å². The van der Waals surface area contributed by atoms with Gasteiger partial charge in [-0.1, -0.05) is 0 Å². The number of pyridine rings is 2. The van der Waals surface area contributed by atoms with E-state index in [-0.39, 0.29) is 11.7 Å². The highest BCUT2D eigenvalue weighted by Crippen LogP contribution is 2.31. The molecule has 0 saturated heterocycles. The largest absolute Gasteiger partial charge is 0.433 e. The molecule has 0 spiro atoms. The highest BCUT2D eigenvalue weighted by Gasteiger charge is 2.32. The number of halogens is 3. The molecule has 0 atom stereocenters. The van der Waals surface area contributed by atoms with E-state index >= 15 is 0 Å². The number of imidazole rings is 1. The monoisotopic (exact) mass is 399 g/mol. The van der Waals surface area contributed by atoms with Crippen molar-refractivity contribution in [3.05, 3.63) is 54.9 Å². The van der Waals surface area contributed by atoms with Gasteiger partial charge in [-0.2, -0.15) is 13.2 Å². The highest BCUT2D eigenvalue weighted by molar-refractivity contribution is 5.87. The van der Waals surface area contributed by atoms with Crippen LogP contribution in [0.3, 0.4) is 0 Å². The van der Waals surface area contributed by atoms with Gasteiger partial charge < -0.3 is 9.88 Å². The molecule has 29 heavy (non-hydrogen) atoms. The average molecular weight is 399 g/mol. The minimum absolute atomic E-state index is 0.0854. The molecule has 4 heterocycles. The second-order valence-corrected chi connectivity index (χ2v) is 6.61. The Morgan fingerprint density at radius 1 is 1.07 bits per heavy atom. The minimum Gasteiger partial charge on any atom is -0.338 e. The fourth-order valence-corrected chi connectivity index (χ4v) is 2.81. The van der Waals surface area contributed by atoms with E-state index < -0.39 is 11.9 Å². The Balaban J connectivity index is 1.85. The molecule has 0 bridgehead atoms. The van der Waals surface area contributed by atoms with Crippen molar-refractivity contribution in [3.63, 3.8) is 0 Å². The lowest BCUT2D eigenvalue weighted by molar-refractivity contribution is -0.141. The summed E-state index contributed by atoms with van der Waals surface area (Å²) in [4.78, 5) is 20.9. The maximum absolute atomic E-state index is 13.0. The van der Waals surface area contributed by atoms with Crippen LogP contribution in [-0.4, -0.2) is 29.5 Å². The lowest BCUT2D eigenvalue weighted by atomic mass is 10.2. The standard InChI is InChI=1S/C19H16F3N7/c1-11(2)29-10-25-15-17(26-13-5-7-24-14(8-13)19(20,21)22)27-16(28-18(15)29)12-4-3-6-23-9-12/h3-11H,1-2H3,(H,24,26,27,28). The molecule has 148 valence electrons. The Kier molecular flexibility index (Phi) is 4.61. The highest BCUT2D eigenvalue weighted by atomic mass is 19.4. The number of fused-ring (bicyclic) bond motifs is 1. The smallest absolute Gasteiger partial charge is 0.338 e. The normalized spacial score (nSPS) is 11.9. The van der Waals surface area contributed by atoms with E-state index in [0.717, 1.165) is 12.3 Å². The number of alkyl halides is 3. The van der Waals surface area contributed by atoms with Crippen LogP contribution >= 0.6 is 0 Å². The molecular formula is C19H16F3N7. The molecule has 10 heteroatoms. The summed E-state index contributed by atoms with van der Waals surface area (Å²) < 4.78 is 40.9. The quantitative estimate of drug-likeness (QED) is 0.539. The Hall–Kier alpha value is -3.56. The lowest BCUT2D eigenvalue weighted by Crippen LogP contribution is -2.08. The van der Waals surface area contributed by atoms with Gasteiger partial charge in [-0.25, -0.2) is 15.0 Å². The van der Waals surface area contributed by atoms with Gasteiger partial charge in [0.05, 0.1) is 6.33 Å². The Morgan fingerprint density at radius 3 is 2.59 bits per heavy atom. The minimum atomic E-state index is -4.54. The third kappa shape index (κ3) is 3.73. The number of hydrogen-bond donors (Lipinski definition) is 1. The van der Waals surface area contributed by atoms with Gasteiger partial charge in [0.15, 0.2) is 22.8 Å². The molecule has 0 unspecified atom stereocenters. The summed E-state index contributed by atoms with van der Waals surface area (Å²) in [6.45, 7) is 3.97. The van der Waals surface area contributed by atoms with E-state index in [1.54, 1.807) is 24.8 Å². The third-order valence-electron chi connectivity index (χ3n) is 4.21. The van der Waals surface area contributed by atoms with Crippen molar-refractivity contribution in [1.82, 2.24) is 29.5 Å². The molecule has 1 N–H and O–H groups in total.